The second-order valence-electron chi connectivity index (χ2n) is 0.821. The molecule has 0 aliphatic carbocycles. The largest absolute Gasteiger partial charge is 0.317 e. The highest BCUT2D eigenvalue weighted by molar-refractivity contribution is 5.10. The second-order valence-corrected chi connectivity index (χ2v) is 0.821. The van der Waals surface area contributed by atoms with Gasteiger partial charge in [0.25, 0.3) is 0 Å². The fraction of sp³-hybridized carbons (Fsp3) is 0.250. The van der Waals surface area contributed by atoms with Gasteiger partial charge in [-0.15, -0.1) is 0 Å². The van der Waals surface area contributed by atoms with Crippen molar-refractivity contribution in [2.75, 3.05) is 6.61 Å². The average Bonchev–Trinajstić information content (AvgIpc) is 1.96. The minimum atomic E-state index is 0.472. The number of hydrogen-bond acceptors (Lipinski definition) is 4. The van der Waals surface area contributed by atoms with Crippen LogP contribution in [-0.2, 0) is 19.6 Å². The average molecular weight is 118 g/mol. The Hall–Kier alpha value is -0.870. The molecule has 0 spiro atoms. The van der Waals surface area contributed by atoms with Crippen molar-refractivity contribution in [1.82, 2.24) is 0 Å². The van der Waals surface area contributed by atoms with Crippen molar-refractivity contribution in [3.63, 3.8) is 0 Å². The first-order chi connectivity index (χ1) is 4.00. The molecule has 0 bridgehead atoms. The molecule has 0 fully saturated rings. The maximum Gasteiger partial charge on any atom is 0.131 e. The van der Waals surface area contributed by atoms with Gasteiger partial charge in [0.05, 0.1) is 0 Å². The van der Waals surface area contributed by atoms with Crippen LogP contribution in [0.5, 0.6) is 0 Å². The van der Waals surface area contributed by atoms with E-state index in [2.05, 4.69) is 14.8 Å². The molecule has 0 aromatic rings. The van der Waals surface area contributed by atoms with Crippen molar-refractivity contribution in [2.24, 2.45) is 0 Å². The molecule has 0 radical (unpaired) electrons. The van der Waals surface area contributed by atoms with Gasteiger partial charge < -0.3 is 9.68 Å². The number of rotatable bonds is 0. The third-order valence-electron chi connectivity index (χ3n) is 0.403. The zero-order chi connectivity index (χ0) is 6.24. The van der Waals surface area contributed by atoms with Gasteiger partial charge in [-0.2, -0.15) is 4.89 Å². The Morgan fingerprint density at radius 3 is 2.38 bits per heavy atom. The highest BCUT2D eigenvalue weighted by Gasteiger charge is 1.87. The molecule has 1 aliphatic heterocycles. The van der Waals surface area contributed by atoms with E-state index < -0.39 is 0 Å². The van der Waals surface area contributed by atoms with Gasteiger partial charge in [-0.3, -0.25) is 0 Å². The molecule has 0 unspecified atom stereocenters. The van der Waals surface area contributed by atoms with Crippen molar-refractivity contribution in [3.05, 3.63) is 12.3 Å². The third kappa shape index (κ3) is 3.32. The summed E-state index contributed by atoms with van der Waals surface area (Å²) in [4.78, 5) is 16.4. The van der Waals surface area contributed by atoms with Gasteiger partial charge >= 0.3 is 0 Å². The van der Waals surface area contributed by atoms with Crippen LogP contribution in [0.2, 0.25) is 0 Å². The Labute approximate surface area is 46.5 Å². The molecule has 4 nitrogen and oxygen atoms in total. The molecule has 0 atom stereocenters. The maximum atomic E-state index is 8.00. The number of hydrogen-bond donors (Lipinski definition) is 0. The van der Waals surface area contributed by atoms with Crippen molar-refractivity contribution in [3.8, 4) is 0 Å². The summed E-state index contributed by atoms with van der Waals surface area (Å²) in [6.07, 6.45) is 3.12. The first kappa shape index (κ1) is 7.13. The van der Waals surface area contributed by atoms with Crippen LogP contribution in [0.1, 0.15) is 0 Å². The summed E-state index contributed by atoms with van der Waals surface area (Å²) in [5.74, 6) is 0. The molecule has 8 heavy (non-hydrogen) atoms. The highest BCUT2D eigenvalue weighted by Crippen LogP contribution is 1.89. The molecule has 4 heteroatoms. The predicted octanol–water partition coefficient (Wildman–Crippen LogP) is 0.209. The van der Waals surface area contributed by atoms with E-state index >= 15 is 0 Å². The summed E-state index contributed by atoms with van der Waals surface area (Å²) < 4.78 is 0. The summed E-state index contributed by atoms with van der Waals surface area (Å²) in [7, 11) is 0. The molecule has 46 valence electrons. The van der Waals surface area contributed by atoms with E-state index in [1.54, 1.807) is 6.08 Å². The van der Waals surface area contributed by atoms with Crippen LogP contribution in [0, 0.1) is 0 Å². The molecular formula is C4H6O4. The van der Waals surface area contributed by atoms with Gasteiger partial charge in [0.2, 0.25) is 0 Å². The molecule has 0 amide bonds. The lowest BCUT2D eigenvalue weighted by Gasteiger charge is -1.99. The van der Waals surface area contributed by atoms with Crippen LogP contribution in [0.3, 0.4) is 0 Å². The van der Waals surface area contributed by atoms with Crippen LogP contribution in [-0.4, -0.2) is 13.4 Å². The van der Waals surface area contributed by atoms with Crippen LogP contribution in [0.15, 0.2) is 12.3 Å². The maximum absolute atomic E-state index is 8.00. The Balaban J connectivity index is 0.000000222. The van der Waals surface area contributed by atoms with Gasteiger partial charge in [0.15, 0.2) is 0 Å². The third-order valence-corrected chi connectivity index (χ3v) is 0.403. The minimum Gasteiger partial charge on any atom is -0.317 e. The van der Waals surface area contributed by atoms with Crippen molar-refractivity contribution >= 4 is 6.79 Å². The van der Waals surface area contributed by atoms with E-state index in [1.165, 1.54) is 6.26 Å². The summed E-state index contributed by atoms with van der Waals surface area (Å²) in [5, 5.41) is 3.98. The van der Waals surface area contributed by atoms with E-state index in [9.17, 15) is 0 Å². The van der Waals surface area contributed by atoms with Gasteiger partial charge in [-0.25, -0.2) is 0 Å². The fourth-order valence-corrected chi connectivity index (χ4v) is 0.196. The first-order valence-electron chi connectivity index (χ1n) is 1.89. The standard InChI is InChI=1S/C3H4O3.CH2O/c1-2-4-6-5-3-1;1-2/h1-2H,3H2;1H2. The van der Waals surface area contributed by atoms with Crippen molar-refractivity contribution in [1.29, 1.82) is 0 Å². The van der Waals surface area contributed by atoms with Crippen LogP contribution in [0.4, 0.5) is 0 Å². The van der Waals surface area contributed by atoms with Gasteiger partial charge in [-0.05, 0) is 11.1 Å². The highest BCUT2D eigenvalue weighted by atomic mass is 17.5. The van der Waals surface area contributed by atoms with Crippen LogP contribution in [0.25, 0.3) is 0 Å². The zero-order valence-corrected chi connectivity index (χ0v) is 4.20. The monoisotopic (exact) mass is 118 g/mol. The lowest BCUT2D eigenvalue weighted by molar-refractivity contribution is -0.493. The lowest BCUT2D eigenvalue weighted by Crippen LogP contribution is -1.96. The molecule has 0 N–H and O–H groups in total. The molecule has 1 heterocycles. The van der Waals surface area contributed by atoms with E-state index in [-0.39, 0.29) is 0 Å². The summed E-state index contributed by atoms with van der Waals surface area (Å²) >= 11 is 0. The first-order valence-corrected chi connectivity index (χ1v) is 1.89. The summed E-state index contributed by atoms with van der Waals surface area (Å²) in [5.41, 5.74) is 0. The topological polar surface area (TPSA) is 44.8 Å². The molecule has 1 aliphatic rings. The lowest BCUT2D eigenvalue weighted by atomic mass is 10.7. The van der Waals surface area contributed by atoms with Gasteiger partial charge in [0, 0.05) is 0 Å². The second kappa shape index (κ2) is 6.13. The Bertz CT molecular complexity index is 62.4. The SMILES string of the molecule is C1=COOOC1.C=O. The van der Waals surface area contributed by atoms with Gasteiger partial charge in [-0.1, -0.05) is 0 Å². The summed E-state index contributed by atoms with van der Waals surface area (Å²) in [6, 6.07) is 0. The predicted molar refractivity (Wildman–Crippen MR) is 24.4 cm³/mol. The Morgan fingerprint density at radius 2 is 2.25 bits per heavy atom. The van der Waals surface area contributed by atoms with E-state index in [4.69, 9.17) is 4.79 Å². The van der Waals surface area contributed by atoms with E-state index in [0.717, 1.165) is 0 Å². The quantitative estimate of drug-likeness (QED) is 0.426. The minimum absolute atomic E-state index is 0.472. The van der Waals surface area contributed by atoms with Crippen molar-refractivity contribution < 1.29 is 19.6 Å². The molecule has 0 aromatic heterocycles. The van der Waals surface area contributed by atoms with Crippen LogP contribution >= 0.6 is 0 Å². The van der Waals surface area contributed by atoms with Crippen LogP contribution < -0.4 is 0 Å². The van der Waals surface area contributed by atoms with E-state index in [1.807, 2.05) is 6.79 Å². The number of carbonyl (C=O) groups is 1. The smallest absolute Gasteiger partial charge is 0.131 e. The molecular weight excluding hydrogens is 112 g/mol. The zero-order valence-electron chi connectivity index (χ0n) is 4.20. The van der Waals surface area contributed by atoms with Gasteiger partial charge in [0.1, 0.15) is 19.7 Å². The van der Waals surface area contributed by atoms with E-state index in [0.29, 0.717) is 6.61 Å². The Morgan fingerprint density at radius 1 is 1.50 bits per heavy atom. The number of carbonyl (C=O) groups excluding carboxylic acids is 1. The molecule has 0 saturated heterocycles. The molecule has 0 saturated carbocycles. The summed E-state index contributed by atoms with van der Waals surface area (Å²) in [6.45, 7) is 2.47. The normalized spacial score (nSPS) is 15.5. The Kier molecular flexibility index (Phi) is 5.46. The fourth-order valence-electron chi connectivity index (χ4n) is 0.196. The van der Waals surface area contributed by atoms with Crippen molar-refractivity contribution in [2.45, 2.75) is 0 Å². The molecule has 1 rings (SSSR count). The molecule has 0 aromatic carbocycles.